The largest absolute Gasteiger partial charge is 0.303 e. The van der Waals surface area contributed by atoms with E-state index in [-0.39, 0.29) is 0 Å². The molecule has 4 heterocycles. The summed E-state index contributed by atoms with van der Waals surface area (Å²) in [6, 6.07) is 19.2. The van der Waals surface area contributed by atoms with Crippen molar-refractivity contribution in [2.45, 2.75) is 32.1 Å². The Bertz CT molecular complexity index is 1530. The van der Waals surface area contributed by atoms with Crippen LogP contribution in [0.5, 0.6) is 0 Å². The molecule has 0 radical (unpaired) electrons. The van der Waals surface area contributed by atoms with Gasteiger partial charge in [0.1, 0.15) is 5.82 Å². The predicted molar refractivity (Wildman–Crippen MR) is 140 cm³/mol. The fraction of sp³-hybridized carbons (Fsp3) is 0.300. The van der Waals surface area contributed by atoms with Gasteiger partial charge < -0.3 is 4.90 Å². The molecule has 0 unspecified atom stereocenters. The summed E-state index contributed by atoms with van der Waals surface area (Å²) in [5.74, 6) is 2.51. The van der Waals surface area contributed by atoms with Gasteiger partial charge in [-0.2, -0.15) is 0 Å². The van der Waals surface area contributed by atoms with E-state index < -0.39 is 0 Å². The van der Waals surface area contributed by atoms with Crippen molar-refractivity contribution in [1.29, 1.82) is 0 Å². The summed E-state index contributed by atoms with van der Waals surface area (Å²) in [6.07, 6.45) is 9.72. The summed E-state index contributed by atoms with van der Waals surface area (Å²) in [5.41, 5.74) is 7.57. The first kappa shape index (κ1) is 20.8. The van der Waals surface area contributed by atoms with Crippen LogP contribution >= 0.6 is 0 Å². The summed E-state index contributed by atoms with van der Waals surface area (Å²) in [5, 5.41) is 1.18. The lowest BCUT2D eigenvalue weighted by atomic mass is 9.74. The predicted octanol–water partition coefficient (Wildman–Crippen LogP) is 6.12. The molecule has 2 fully saturated rings. The van der Waals surface area contributed by atoms with Gasteiger partial charge >= 0.3 is 0 Å². The number of nitrogens with zero attached hydrogens (tertiary/aromatic N) is 5. The molecule has 5 nitrogen and oxygen atoms in total. The van der Waals surface area contributed by atoms with Crippen LogP contribution < -0.4 is 0 Å². The highest BCUT2D eigenvalue weighted by Crippen LogP contribution is 2.43. The molecule has 0 atom stereocenters. The van der Waals surface area contributed by atoms with Crippen LogP contribution in [0.2, 0.25) is 0 Å². The molecule has 2 aliphatic rings. The van der Waals surface area contributed by atoms with Crippen LogP contribution in [-0.2, 0) is 0 Å². The molecule has 1 aliphatic heterocycles. The molecule has 5 heteroatoms. The Morgan fingerprint density at radius 1 is 0.943 bits per heavy atom. The third kappa shape index (κ3) is 3.62. The lowest BCUT2D eigenvalue weighted by Gasteiger charge is -2.41. The van der Waals surface area contributed by atoms with E-state index in [1.54, 1.807) is 0 Å². The molecular weight excluding hydrogens is 430 g/mol. The number of aryl methyl sites for hydroxylation is 1. The average Bonchev–Trinajstić information content (AvgIpc) is 3.21. The van der Waals surface area contributed by atoms with E-state index in [0.717, 1.165) is 39.5 Å². The summed E-state index contributed by atoms with van der Waals surface area (Å²) in [6.45, 7) is 5.99. The molecule has 0 bridgehead atoms. The molecule has 2 aromatic carbocycles. The summed E-state index contributed by atoms with van der Waals surface area (Å²) >= 11 is 0. The number of benzene rings is 2. The molecule has 35 heavy (non-hydrogen) atoms. The number of pyridine rings is 1. The Morgan fingerprint density at radius 2 is 1.80 bits per heavy atom. The number of imidazole rings is 1. The highest BCUT2D eigenvalue weighted by molar-refractivity contribution is 5.90. The standard InChI is InChI=1S/C30H29N5/c1-20-14-26(22-6-3-2-4-7-22)32-27-17-23(8-9-25(20)27)29-28-18-31-10-13-35(28)30(33-29)24-15-21(16-24)19-34-11-5-12-34/h2-4,6-10,13-14,17-18,21,24H,5,11-12,15-16,19H2,1H3. The maximum atomic E-state index is 5.22. The molecular formula is C30H29N5. The van der Waals surface area contributed by atoms with Gasteiger partial charge in [-0.05, 0) is 62.9 Å². The van der Waals surface area contributed by atoms with E-state index >= 15 is 0 Å². The second kappa shape index (κ2) is 8.28. The average molecular weight is 460 g/mol. The van der Waals surface area contributed by atoms with Crippen molar-refractivity contribution in [3.8, 4) is 22.5 Å². The normalized spacial score (nSPS) is 20.1. The van der Waals surface area contributed by atoms with Crippen molar-refractivity contribution < 1.29 is 0 Å². The maximum Gasteiger partial charge on any atom is 0.117 e. The molecule has 0 N–H and O–H groups in total. The first-order chi connectivity index (χ1) is 17.2. The fourth-order valence-corrected chi connectivity index (χ4v) is 5.79. The van der Waals surface area contributed by atoms with Gasteiger partial charge in [-0.1, -0.05) is 42.5 Å². The van der Waals surface area contributed by atoms with Crippen molar-refractivity contribution >= 4 is 16.4 Å². The van der Waals surface area contributed by atoms with Gasteiger partial charge in [-0.25, -0.2) is 9.97 Å². The van der Waals surface area contributed by atoms with Gasteiger partial charge in [0.25, 0.3) is 0 Å². The van der Waals surface area contributed by atoms with Crippen LogP contribution in [0.15, 0.2) is 73.2 Å². The Hall–Kier alpha value is -3.57. The Balaban J connectivity index is 1.26. The molecule has 3 aromatic heterocycles. The number of fused-ring (bicyclic) bond motifs is 2. The summed E-state index contributed by atoms with van der Waals surface area (Å²) in [7, 11) is 0. The van der Waals surface area contributed by atoms with E-state index in [1.165, 1.54) is 55.7 Å². The number of likely N-dealkylation sites (tertiary alicyclic amines) is 1. The van der Waals surface area contributed by atoms with Crippen molar-refractivity contribution in [3.63, 3.8) is 0 Å². The van der Waals surface area contributed by atoms with Crippen molar-refractivity contribution in [3.05, 3.63) is 84.6 Å². The molecule has 0 spiro atoms. The quantitative estimate of drug-likeness (QED) is 0.318. The highest BCUT2D eigenvalue weighted by Gasteiger charge is 2.35. The van der Waals surface area contributed by atoms with Crippen LogP contribution in [0, 0.1) is 12.8 Å². The van der Waals surface area contributed by atoms with E-state index in [2.05, 4.69) is 75.9 Å². The van der Waals surface area contributed by atoms with Crippen LogP contribution in [0.25, 0.3) is 38.9 Å². The van der Waals surface area contributed by atoms with Gasteiger partial charge in [0.2, 0.25) is 0 Å². The second-order valence-corrected chi connectivity index (χ2v) is 10.3. The minimum atomic E-state index is 0.524. The van der Waals surface area contributed by atoms with E-state index in [9.17, 15) is 0 Å². The zero-order valence-electron chi connectivity index (χ0n) is 20.1. The van der Waals surface area contributed by atoms with Crippen LogP contribution in [0.1, 0.15) is 36.6 Å². The van der Waals surface area contributed by atoms with Gasteiger partial charge in [0.15, 0.2) is 0 Å². The van der Waals surface area contributed by atoms with Crippen LogP contribution in [0.3, 0.4) is 0 Å². The first-order valence-corrected chi connectivity index (χ1v) is 12.7. The smallest absolute Gasteiger partial charge is 0.117 e. The maximum absolute atomic E-state index is 5.22. The number of aromatic nitrogens is 4. The minimum Gasteiger partial charge on any atom is -0.303 e. The van der Waals surface area contributed by atoms with Gasteiger partial charge in [0, 0.05) is 41.4 Å². The third-order valence-electron chi connectivity index (χ3n) is 7.90. The van der Waals surface area contributed by atoms with E-state index in [4.69, 9.17) is 9.97 Å². The minimum absolute atomic E-state index is 0.524. The molecule has 5 aromatic rings. The Kier molecular flexibility index (Phi) is 4.91. The number of hydrogen-bond donors (Lipinski definition) is 0. The fourth-order valence-electron chi connectivity index (χ4n) is 5.79. The third-order valence-corrected chi connectivity index (χ3v) is 7.90. The number of hydrogen-bond acceptors (Lipinski definition) is 4. The summed E-state index contributed by atoms with van der Waals surface area (Å²) in [4.78, 5) is 17.3. The Morgan fingerprint density at radius 3 is 2.60 bits per heavy atom. The highest BCUT2D eigenvalue weighted by atomic mass is 15.2. The van der Waals surface area contributed by atoms with Gasteiger partial charge in [-0.15, -0.1) is 0 Å². The van der Waals surface area contributed by atoms with Gasteiger partial charge in [0.05, 0.1) is 28.6 Å². The van der Waals surface area contributed by atoms with Crippen molar-refractivity contribution in [1.82, 2.24) is 24.3 Å². The monoisotopic (exact) mass is 459 g/mol. The van der Waals surface area contributed by atoms with Crippen molar-refractivity contribution in [2.75, 3.05) is 19.6 Å². The zero-order valence-corrected chi connectivity index (χ0v) is 20.1. The first-order valence-electron chi connectivity index (χ1n) is 12.7. The molecule has 1 saturated carbocycles. The van der Waals surface area contributed by atoms with Crippen molar-refractivity contribution in [2.24, 2.45) is 5.92 Å². The van der Waals surface area contributed by atoms with E-state index in [1.807, 2.05) is 18.5 Å². The molecule has 0 amide bonds. The molecule has 1 saturated heterocycles. The summed E-state index contributed by atoms with van der Waals surface area (Å²) < 4.78 is 2.26. The van der Waals surface area contributed by atoms with Crippen LogP contribution in [0.4, 0.5) is 0 Å². The lowest BCUT2D eigenvalue weighted by Crippen LogP contribution is -2.43. The number of rotatable bonds is 5. The topological polar surface area (TPSA) is 46.3 Å². The van der Waals surface area contributed by atoms with Gasteiger partial charge in [-0.3, -0.25) is 9.38 Å². The molecule has 1 aliphatic carbocycles. The second-order valence-electron chi connectivity index (χ2n) is 10.3. The molecule has 7 rings (SSSR count). The van der Waals surface area contributed by atoms with Crippen LogP contribution in [-0.4, -0.2) is 43.9 Å². The lowest BCUT2D eigenvalue weighted by molar-refractivity contribution is 0.107. The Labute approximate surface area is 205 Å². The van der Waals surface area contributed by atoms with E-state index in [0.29, 0.717) is 5.92 Å². The molecule has 174 valence electrons. The SMILES string of the molecule is Cc1cc(-c2ccccc2)nc2cc(-c3nc(C4CC(CN5CCC5)C4)n4ccncc34)ccc12. The zero-order chi connectivity index (χ0) is 23.4.